The van der Waals surface area contributed by atoms with Crippen molar-refractivity contribution in [1.82, 2.24) is 24.3 Å². The summed E-state index contributed by atoms with van der Waals surface area (Å²) in [6, 6.07) is 4.92. The molecule has 1 unspecified atom stereocenters. The van der Waals surface area contributed by atoms with Crippen LogP contribution in [-0.4, -0.2) is 81.4 Å². The third-order valence-corrected chi connectivity index (χ3v) is 9.41. The number of carbonyl (C=O) groups excluding carboxylic acids is 2. The number of benzene rings is 1. The quantitative estimate of drug-likeness (QED) is 0.401. The summed E-state index contributed by atoms with van der Waals surface area (Å²) in [5, 5.41) is 1.16. The van der Waals surface area contributed by atoms with Crippen LogP contribution in [0.25, 0.3) is 16.6 Å². The predicted molar refractivity (Wildman–Crippen MR) is 161 cm³/mol. The topological polar surface area (TPSA) is 61.7 Å². The predicted octanol–water partition coefficient (Wildman–Crippen LogP) is 5.46. The fraction of sp³-hybridized carbons (Fsp3) is 0.545. The Bertz CT molecular complexity index is 1460. The molecule has 8 heteroatoms. The molecule has 2 aliphatic rings. The van der Waals surface area contributed by atoms with E-state index in [-0.39, 0.29) is 23.3 Å². The third-order valence-electron chi connectivity index (χ3n) is 9.41. The zero-order chi connectivity index (χ0) is 29.6. The van der Waals surface area contributed by atoms with E-state index in [0.29, 0.717) is 23.2 Å². The van der Waals surface area contributed by atoms with Crippen LogP contribution in [0.15, 0.2) is 36.8 Å². The molecule has 3 aromatic rings. The zero-order valence-electron chi connectivity index (χ0n) is 25.6. The van der Waals surface area contributed by atoms with E-state index in [1.807, 2.05) is 35.7 Å². The molecule has 220 valence electrons. The number of carbonyl (C=O) groups is 2. The highest BCUT2D eigenvalue weighted by Crippen LogP contribution is 2.38. The second-order valence-electron chi connectivity index (χ2n) is 13.1. The number of fused-ring (bicyclic) bond motifs is 1. The van der Waals surface area contributed by atoms with Crippen molar-refractivity contribution in [3.05, 3.63) is 59.3 Å². The summed E-state index contributed by atoms with van der Waals surface area (Å²) in [5.41, 5.74) is 4.32. The number of hydrogen-bond donors (Lipinski definition) is 0. The lowest BCUT2D eigenvalue weighted by Gasteiger charge is -2.48. The van der Waals surface area contributed by atoms with Crippen molar-refractivity contribution in [1.29, 1.82) is 0 Å². The number of amides is 2. The van der Waals surface area contributed by atoms with Crippen molar-refractivity contribution in [2.24, 2.45) is 11.3 Å². The van der Waals surface area contributed by atoms with Crippen LogP contribution in [0.5, 0.6) is 0 Å². The van der Waals surface area contributed by atoms with Gasteiger partial charge in [0.05, 0.1) is 23.0 Å². The number of aryl methyl sites for hydroxylation is 1. The number of rotatable bonds is 6. The number of likely N-dealkylation sites (tertiary alicyclic amines) is 2. The minimum atomic E-state index is -0.427. The van der Waals surface area contributed by atoms with Crippen molar-refractivity contribution >= 4 is 22.7 Å². The van der Waals surface area contributed by atoms with Gasteiger partial charge in [0.25, 0.3) is 5.91 Å². The molecule has 1 aromatic carbocycles. The van der Waals surface area contributed by atoms with Gasteiger partial charge in [0.2, 0.25) is 5.91 Å². The minimum Gasteiger partial charge on any atom is -0.342 e. The number of nitrogens with zero attached hydrogens (tertiary/aromatic N) is 5. The first kappa shape index (κ1) is 29.2. The van der Waals surface area contributed by atoms with Crippen molar-refractivity contribution in [3.8, 4) is 5.69 Å². The molecular formula is C33H44FN5O2. The van der Waals surface area contributed by atoms with Crippen LogP contribution in [-0.2, 0) is 11.2 Å². The number of pyridine rings is 1. The highest BCUT2D eigenvalue weighted by molar-refractivity contribution is 5.99. The fourth-order valence-corrected chi connectivity index (χ4v) is 7.02. The summed E-state index contributed by atoms with van der Waals surface area (Å²) < 4.78 is 16.5. The van der Waals surface area contributed by atoms with Gasteiger partial charge in [-0.3, -0.25) is 19.5 Å². The molecule has 2 atom stereocenters. The average Bonchev–Trinajstić information content (AvgIpc) is 3.52. The largest absolute Gasteiger partial charge is 0.342 e. The van der Waals surface area contributed by atoms with E-state index in [4.69, 9.17) is 0 Å². The summed E-state index contributed by atoms with van der Waals surface area (Å²) in [4.78, 5) is 36.2. The smallest absolute Gasteiger partial charge is 0.256 e. The monoisotopic (exact) mass is 561 g/mol. The molecule has 2 amide bonds. The molecule has 4 heterocycles. The molecule has 7 nitrogen and oxygen atoms in total. The Hall–Kier alpha value is -3.26. The summed E-state index contributed by atoms with van der Waals surface area (Å²) >= 11 is 0. The zero-order valence-corrected chi connectivity index (χ0v) is 25.6. The lowest BCUT2D eigenvalue weighted by atomic mass is 9.78. The normalized spacial score (nSPS) is 21.1. The van der Waals surface area contributed by atoms with Gasteiger partial charge in [0.1, 0.15) is 5.82 Å². The first-order valence-corrected chi connectivity index (χ1v) is 14.9. The van der Waals surface area contributed by atoms with Crippen LogP contribution in [0.4, 0.5) is 4.39 Å². The van der Waals surface area contributed by atoms with Gasteiger partial charge < -0.3 is 14.4 Å². The summed E-state index contributed by atoms with van der Waals surface area (Å²) in [6.45, 7) is 16.0. The van der Waals surface area contributed by atoms with Crippen molar-refractivity contribution < 1.29 is 14.0 Å². The molecular weight excluding hydrogens is 517 g/mol. The number of halogens is 1. The molecule has 0 aliphatic carbocycles. The molecule has 2 fully saturated rings. The van der Waals surface area contributed by atoms with E-state index in [1.165, 1.54) is 17.7 Å². The van der Waals surface area contributed by atoms with Gasteiger partial charge in [0.15, 0.2) is 0 Å². The maximum Gasteiger partial charge on any atom is 0.256 e. The summed E-state index contributed by atoms with van der Waals surface area (Å²) in [5.74, 6) is 0.0373. The van der Waals surface area contributed by atoms with E-state index in [9.17, 15) is 14.0 Å². The number of piperidine rings is 1. The molecule has 0 radical (unpaired) electrons. The molecule has 41 heavy (non-hydrogen) atoms. The van der Waals surface area contributed by atoms with Gasteiger partial charge in [-0.1, -0.05) is 13.8 Å². The molecule has 0 N–H and O–H groups in total. The van der Waals surface area contributed by atoms with Gasteiger partial charge in [-0.2, -0.15) is 0 Å². The van der Waals surface area contributed by atoms with Gasteiger partial charge in [-0.25, -0.2) is 4.39 Å². The third kappa shape index (κ3) is 5.63. The first-order chi connectivity index (χ1) is 19.4. The van der Waals surface area contributed by atoms with Crippen LogP contribution in [0, 0.1) is 24.1 Å². The van der Waals surface area contributed by atoms with Gasteiger partial charge >= 0.3 is 0 Å². The Morgan fingerprint density at radius 1 is 1.17 bits per heavy atom. The fourth-order valence-electron chi connectivity index (χ4n) is 7.02. The van der Waals surface area contributed by atoms with E-state index in [0.717, 1.165) is 61.9 Å². The second kappa shape index (κ2) is 11.2. The molecule has 2 aromatic heterocycles. The summed E-state index contributed by atoms with van der Waals surface area (Å²) in [6.07, 6.45) is 8.94. The lowest BCUT2D eigenvalue weighted by molar-refractivity contribution is -0.133. The van der Waals surface area contributed by atoms with Crippen molar-refractivity contribution in [2.45, 2.75) is 72.9 Å². The molecule has 0 saturated carbocycles. The SMILES string of the molecule is CC(=O)N1CCC(N2CC[C@@H](Cc3cn(-c4ccc(F)cc4C(=O)N(C)C(C)C)c4cncc(C)c34)C2)C(C)(C)C1. The standard InChI is InChI=1S/C33H44FN5O2/c1-21(2)36(7)32(41)27-15-26(34)8-9-28(27)39-19-25(31-22(3)16-35-17-29(31)39)14-24-10-12-37(18-24)30-11-13-38(23(4)40)20-33(30,5)6/h8-9,15-17,19,21,24,30H,10-14,18,20H2,1-7H3/t24-,30?/m0/s1. The van der Waals surface area contributed by atoms with Crippen LogP contribution in [0.3, 0.4) is 0 Å². The van der Waals surface area contributed by atoms with Crippen LogP contribution in [0.1, 0.15) is 68.9 Å². The Morgan fingerprint density at radius 2 is 1.93 bits per heavy atom. The van der Waals surface area contributed by atoms with Crippen molar-refractivity contribution in [3.63, 3.8) is 0 Å². The molecule has 0 spiro atoms. The summed E-state index contributed by atoms with van der Waals surface area (Å²) in [7, 11) is 1.75. The Kier molecular flexibility index (Phi) is 7.99. The maximum atomic E-state index is 14.4. The van der Waals surface area contributed by atoms with Gasteiger partial charge in [-0.05, 0) is 87.2 Å². The molecule has 0 bridgehead atoms. The van der Waals surface area contributed by atoms with Crippen molar-refractivity contribution in [2.75, 3.05) is 33.2 Å². The van der Waals surface area contributed by atoms with Crippen LogP contribution in [0.2, 0.25) is 0 Å². The van der Waals surface area contributed by atoms with Gasteiger partial charge in [-0.15, -0.1) is 0 Å². The second-order valence-corrected chi connectivity index (χ2v) is 13.1. The Balaban J connectivity index is 1.44. The lowest BCUT2D eigenvalue weighted by Crippen LogP contribution is -2.56. The Morgan fingerprint density at radius 3 is 2.61 bits per heavy atom. The first-order valence-electron chi connectivity index (χ1n) is 14.9. The van der Waals surface area contributed by atoms with Crippen LogP contribution >= 0.6 is 0 Å². The Labute approximate surface area is 243 Å². The molecule has 2 saturated heterocycles. The molecule has 5 rings (SSSR count). The van der Waals surface area contributed by atoms with Crippen LogP contribution < -0.4 is 0 Å². The molecule has 2 aliphatic heterocycles. The minimum absolute atomic E-state index is 0.00974. The number of aromatic nitrogens is 2. The van der Waals surface area contributed by atoms with E-state index in [2.05, 4.69) is 36.9 Å². The van der Waals surface area contributed by atoms with E-state index in [1.54, 1.807) is 24.9 Å². The highest BCUT2D eigenvalue weighted by atomic mass is 19.1. The highest BCUT2D eigenvalue weighted by Gasteiger charge is 2.42. The van der Waals surface area contributed by atoms with E-state index < -0.39 is 5.82 Å². The average molecular weight is 562 g/mol. The van der Waals surface area contributed by atoms with E-state index >= 15 is 0 Å². The van der Waals surface area contributed by atoms with Gasteiger partial charge in [0, 0.05) is 63.5 Å². The maximum absolute atomic E-state index is 14.4. The number of hydrogen-bond acceptors (Lipinski definition) is 4.